The van der Waals surface area contributed by atoms with Crippen molar-refractivity contribution in [2.75, 3.05) is 11.4 Å². The van der Waals surface area contributed by atoms with Crippen LogP contribution in [0.3, 0.4) is 0 Å². The Kier molecular flexibility index (Phi) is 4.99. The number of nitrogens with zero attached hydrogens (tertiary/aromatic N) is 1. The summed E-state index contributed by atoms with van der Waals surface area (Å²) in [6, 6.07) is 27.3. The normalized spacial score (nSPS) is 13.7. The van der Waals surface area contributed by atoms with Crippen molar-refractivity contribution in [3.05, 3.63) is 101 Å². The Labute approximate surface area is 164 Å². The van der Waals surface area contributed by atoms with Gasteiger partial charge < -0.3 is 10.2 Å². The van der Waals surface area contributed by atoms with E-state index >= 15 is 0 Å². The van der Waals surface area contributed by atoms with E-state index in [4.69, 9.17) is 12.2 Å². The Morgan fingerprint density at radius 1 is 0.815 bits per heavy atom. The minimum Gasteiger partial charge on any atom is -0.309 e. The van der Waals surface area contributed by atoms with Crippen molar-refractivity contribution >= 4 is 28.9 Å². The second-order valence-corrected chi connectivity index (χ2v) is 7.10. The van der Waals surface area contributed by atoms with E-state index in [1.54, 1.807) is 0 Å². The topological polar surface area (TPSA) is 32.3 Å². The molecule has 1 N–H and O–H groups in total. The Hall–Kier alpha value is -2.98. The Balaban J connectivity index is 1.69. The minimum atomic E-state index is -0.0574. The van der Waals surface area contributed by atoms with Crippen molar-refractivity contribution < 1.29 is 4.79 Å². The summed E-state index contributed by atoms with van der Waals surface area (Å²) in [6.07, 6.45) is 1.73. The Morgan fingerprint density at radius 2 is 1.41 bits per heavy atom. The molecule has 1 saturated heterocycles. The predicted octanol–water partition coefficient (Wildman–Crippen LogP) is 4.09. The standard InChI is InChI=1S/C23H20N2OS/c26-22-16-25(23(27)24-22)21-12-11-19(13-17-7-3-1-4-8-17)20(15-21)14-18-9-5-2-6-10-18/h1-12,15H,13-14,16H2,(H,24,26,27). The van der Waals surface area contributed by atoms with Crippen LogP contribution in [0.25, 0.3) is 0 Å². The largest absolute Gasteiger partial charge is 0.309 e. The highest BCUT2D eigenvalue weighted by molar-refractivity contribution is 7.80. The first-order chi connectivity index (χ1) is 13.2. The Bertz CT molecular complexity index is 970. The molecule has 27 heavy (non-hydrogen) atoms. The molecule has 1 amide bonds. The fraction of sp³-hybridized carbons (Fsp3) is 0.130. The Morgan fingerprint density at radius 3 is 1.96 bits per heavy atom. The summed E-state index contributed by atoms with van der Waals surface area (Å²) in [5.41, 5.74) is 6.05. The highest BCUT2D eigenvalue weighted by atomic mass is 32.1. The number of hydrogen-bond donors (Lipinski definition) is 1. The van der Waals surface area contributed by atoms with E-state index in [9.17, 15) is 4.79 Å². The van der Waals surface area contributed by atoms with Crippen LogP contribution in [0.15, 0.2) is 78.9 Å². The summed E-state index contributed by atoms with van der Waals surface area (Å²) in [4.78, 5) is 13.5. The number of hydrogen-bond acceptors (Lipinski definition) is 2. The lowest BCUT2D eigenvalue weighted by Gasteiger charge is -2.19. The summed E-state index contributed by atoms with van der Waals surface area (Å²) in [6.45, 7) is 0.279. The molecule has 3 nitrogen and oxygen atoms in total. The van der Waals surface area contributed by atoms with E-state index in [1.165, 1.54) is 22.3 Å². The summed E-state index contributed by atoms with van der Waals surface area (Å²) >= 11 is 5.30. The maximum atomic E-state index is 11.7. The monoisotopic (exact) mass is 372 g/mol. The van der Waals surface area contributed by atoms with E-state index in [0.29, 0.717) is 5.11 Å². The second kappa shape index (κ2) is 7.72. The molecule has 1 aliphatic heterocycles. The number of amides is 1. The van der Waals surface area contributed by atoms with Gasteiger partial charge in [-0.2, -0.15) is 0 Å². The lowest BCUT2D eigenvalue weighted by molar-refractivity contribution is -0.117. The summed E-state index contributed by atoms with van der Waals surface area (Å²) in [5.74, 6) is -0.0574. The first kappa shape index (κ1) is 17.4. The molecule has 134 valence electrons. The van der Waals surface area contributed by atoms with Crippen molar-refractivity contribution in [3.8, 4) is 0 Å². The SMILES string of the molecule is O=C1CN(c2ccc(Cc3ccccc3)c(Cc3ccccc3)c2)C(=S)N1. The molecule has 3 aromatic rings. The van der Waals surface area contributed by atoms with Crippen LogP contribution in [0.4, 0.5) is 5.69 Å². The van der Waals surface area contributed by atoms with Gasteiger partial charge in [-0.05, 0) is 59.4 Å². The first-order valence-corrected chi connectivity index (χ1v) is 9.41. The van der Waals surface area contributed by atoms with Crippen LogP contribution in [-0.4, -0.2) is 17.6 Å². The number of benzene rings is 3. The van der Waals surface area contributed by atoms with Crippen LogP contribution in [0.5, 0.6) is 0 Å². The molecule has 0 radical (unpaired) electrons. The third kappa shape index (κ3) is 4.07. The molecule has 3 aromatic carbocycles. The van der Waals surface area contributed by atoms with Gasteiger partial charge in [-0.1, -0.05) is 66.7 Å². The van der Waals surface area contributed by atoms with Crippen molar-refractivity contribution in [3.63, 3.8) is 0 Å². The van der Waals surface area contributed by atoms with Gasteiger partial charge in [0.05, 0.1) is 0 Å². The fourth-order valence-electron chi connectivity index (χ4n) is 3.40. The highest BCUT2D eigenvalue weighted by Gasteiger charge is 2.25. The van der Waals surface area contributed by atoms with Gasteiger partial charge in [0, 0.05) is 5.69 Å². The van der Waals surface area contributed by atoms with Crippen molar-refractivity contribution in [1.82, 2.24) is 5.32 Å². The third-order valence-corrected chi connectivity index (χ3v) is 5.09. The van der Waals surface area contributed by atoms with E-state index in [0.717, 1.165) is 18.5 Å². The van der Waals surface area contributed by atoms with Gasteiger partial charge in [0.15, 0.2) is 5.11 Å². The molecule has 1 aliphatic rings. The maximum Gasteiger partial charge on any atom is 0.246 e. The average Bonchev–Trinajstić information content (AvgIpc) is 3.03. The molecule has 0 spiro atoms. The number of anilines is 1. The zero-order chi connectivity index (χ0) is 18.6. The zero-order valence-electron chi connectivity index (χ0n) is 14.9. The van der Waals surface area contributed by atoms with Crippen molar-refractivity contribution in [1.29, 1.82) is 0 Å². The molecule has 0 saturated carbocycles. The van der Waals surface area contributed by atoms with E-state index in [2.05, 4.69) is 72.0 Å². The quantitative estimate of drug-likeness (QED) is 0.685. The number of nitrogens with one attached hydrogen (secondary N) is 1. The van der Waals surface area contributed by atoms with Crippen molar-refractivity contribution in [2.45, 2.75) is 12.8 Å². The van der Waals surface area contributed by atoms with Crippen LogP contribution in [0.2, 0.25) is 0 Å². The molecule has 4 heteroatoms. The van der Waals surface area contributed by atoms with Crippen LogP contribution in [-0.2, 0) is 17.6 Å². The average molecular weight is 372 g/mol. The third-order valence-electron chi connectivity index (χ3n) is 4.77. The lowest BCUT2D eigenvalue weighted by Crippen LogP contribution is -2.27. The van der Waals surface area contributed by atoms with E-state index < -0.39 is 0 Å². The first-order valence-electron chi connectivity index (χ1n) is 9.00. The van der Waals surface area contributed by atoms with Gasteiger partial charge >= 0.3 is 0 Å². The van der Waals surface area contributed by atoms with Gasteiger partial charge in [0.2, 0.25) is 5.91 Å². The molecule has 0 bridgehead atoms. The van der Waals surface area contributed by atoms with Crippen LogP contribution < -0.4 is 10.2 Å². The molecule has 0 unspecified atom stereocenters. The zero-order valence-corrected chi connectivity index (χ0v) is 15.7. The van der Waals surface area contributed by atoms with E-state index in [-0.39, 0.29) is 12.5 Å². The molecule has 0 aromatic heterocycles. The van der Waals surface area contributed by atoms with Gasteiger partial charge in [-0.15, -0.1) is 0 Å². The maximum absolute atomic E-state index is 11.7. The number of carbonyl (C=O) groups excluding carboxylic acids is 1. The second-order valence-electron chi connectivity index (χ2n) is 6.72. The molecule has 0 aliphatic carbocycles. The molecule has 1 fully saturated rings. The number of thiocarbonyl (C=S) groups is 1. The van der Waals surface area contributed by atoms with Gasteiger partial charge in [-0.3, -0.25) is 4.79 Å². The summed E-state index contributed by atoms with van der Waals surface area (Å²) < 4.78 is 0. The summed E-state index contributed by atoms with van der Waals surface area (Å²) in [5, 5.41) is 3.18. The van der Waals surface area contributed by atoms with Crippen molar-refractivity contribution in [2.24, 2.45) is 0 Å². The summed E-state index contributed by atoms with van der Waals surface area (Å²) in [7, 11) is 0. The highest BCUT2D eigenvalue weighted by Crippen LogP contribution is 2.25. The molecule has 0 atom stereocenters. The lowest BCUT2D eigenvalue weighted by atomic mass is 9.94. The minimum absolute atomic E-state index is 0.0574. The van der Waals surface area contributed by atoms with Crippen LogP contribution >= 0.6 is 12.2 Å². The molecule has 1 heterocycles. The van der Waals surface area contributed by atoms with Gasteiger partial charge in [-0.25, -0.2) is 0 Å². The molecular formula is C23H20N2OS. The molecular weight excluding hydrogens is 352 g/mol. The number of carbonyl (C=O) groups is 1. The van der Waals surface area contributed by atoms with Crippen LogP contribution in [0.1, 0.15) is 22.3 Å². The van der Waals surface area contributed by atoms with E-state index in [1.807, 2.05) is 17.0 Å². The number of rotatable bonds is 5. The van der Waals surface area contributed by atoms with Crippen LogP contribution in [0, 0.1) is 0 Å². The predicted molar refractivity (Wildman–Crippen MR) is 113 cm³/mol. The van der Waals surface area contributed by atoms with Gasteiger partial charge in [0.1, 0.15) is 6.54 Å². The fourth-order valence-corrected chi connectivity index (χ4v) is 3.68. The smallest absolute Gasteiger partial charge is 0.246 e. The molecule has 4 rings (SSSR count). The van der Waals surface area contributed by atoms with Gasteiger partial charge in [0.25, 0.3) is 0 Å².